The van der Waals surface area contributed by atoms with Crippen LogP contribution < -0.4 is 10.2 Å². The fourth-order valence-corrected chi connectivity index (χ4v) is 3.16. The molecule has 0 unspecified atom stereocenters. The fourth-order valence-electron chi connectivity index (χ4n) is 2.88. The molecule has 0 aliphatic carbocycles. The molecule has 1 aliphatic rings. The van der Waals surface area contributed by atoms with Gasteiger partial charge in [0.25, 0.3) is 5.91 Å². The molecule has 0 spiro atoms. The first-order valence-electron chi connectivity index (χ1n) is 8.33. The van der Waals surface area contributed by atoms with Crippen LogP contribution in [-0.4, -0.2) is 42.1 Å². The van der Waals surface area contributed by atoms with Crippen molar-refractivity contribution < 1.29 is 31.1 Å². The summed E-state index contributed by atoms with van der Waals surface area (Å²) in [7, 11) is 0. The van der Waals surface area contributed by atoms with Crippen molar-refractivity contribution in [1.82, 2.24) is 10.2 Å². The molecular formula is C18H13F6N3OS. The lowest BCUT2D eigenvalue weighted by Crippen LogP contribution is -2.53. The van der Waals surface area contributed by atoms with Gasteiger partial charge in [-0.3, -0.25) is 10.1 Å². The molecule has 1 heterocycles. The number of piperazine rings is 1. The van der Waals surface area contributed by atoms with Gasteiger partial charge in [0.05, 0.1) is 0 Å². The van der Waals surface area contributed by atoms with Gasteiger partial charge in [-0.15, -0.1) is 0 Å². The Kier molecular flexibility index (Phi) is 5.96. The predicted octanol–water partition coefficient (Wildman–Crippen LogP) is 3.36. The van der Waals surface area contributed by atoms with E-state index in [0.717, 1.165) is 11.0 Å². The van der Waals surface area contributed by atoms with Crippen molar-refractivity contribution in [2.75, 3.05) is 31.1 Å². The van der Waals surface area contributed by atoms with Crippen LogP contribution in [0.25, 0.3) is 0 Å². The lowest BCUT2D eigenvalue weighted by atomic mass is 10.2. The summed E-state index contributed by atoms with van der Waals surface area (Å²) < 4.78 is 81.1. The van der Waals surface area contributed by atoms with Gasteiger partial charge in [0.15, 0.2) is 28.4 Å². The van der Waals surface area contributed by atoms with Gasteiger partial charge in [0.1, 0.15) is 11.5 Å². The Hall–Kier alpha value is -2.82. The first-order chi connectivity index (χ1) is 13.7. The summed E-state index contributed by atoms with van der Waals surface area (Å²) in [5.41, 5.74) is -0.955. The number of hydrogen-bond acceptors (Lipinski definition) is 3. The first kappa shape index (κ1) is 20.9. The van der Waals surface area contributed by atoms with Crippen LogP contribution in [0.3, 0.4) is 0 Å². The van der Waals surface area contributed by atoms with Gasteiger partial charge >= 0.3 is 0 Å². The summed E-state index contributed by atoms with van der Waals surface area (Å²) in [6.45, 7) is -0.0911. The Labute approximate surface area is 166 Å². The van der Waals surface area contributed by atoms with Crippen LogP contribution in [0.2, 0.25) is 0 Å². The molecule has 29 heavy (non-hydrogen) atoms. The molecule has 0 aromatic heterocycles. The molecule has 1 saturated heterocycles. The normalized spacial score (nSPS) is 14.1. The van der Waals surface area contributed by atoms with E-state index in [1.807, 2.05) is 0 Å². The highest BCUT2D eigenvalue weighted by Gasteiger charge is 2.31. The van der Waals surface area contributed by atoms with Crippen molar-refractivity contribution in [2.45, 2.75) is 0 Å². The SMILES string of the molecule is O=C(NC(=S)N1CCN(c2c(F)c(F)c(F)c(F)c2F)CC1)c1cccc(F)c1. The second-order valence-corrected chi connectivity index (χ2v) is 6.55. The predicted molar refractivity (Wildman–Crippen MR) is 96.5 cm³/mol. The zero-order chi connectivity index (χ0) is 21.3. The Morgan fingerprint density at radius 3 is 1.97 bits per heavy atom. The van der Waals surface area contributed by atoms with Crippen LogP contribution in [0.4, 0.5) is 32.0 Å². The maximum Gasteiger partial charge on any atom is 0.257 e. The van der Waals surface area contributed by atoms with E-state index in [4.69, 9.17) is 12.2 Å². The molecule has 1 N–H and O–H groups in total. The van der Waals surface area contributed by atoms with E-state index in [1.165, 1.54) is 23.1 Å². The van der Waals surface area contributed by atoms with Crippen molar-refractivity contribution in [3.63, 3.8) is 0 Å². The quantitative estimate of drug-likeness (QED) is 0.341. The number of hydrogen-bond donors (Lipinski definition) is 1. The third kappa shape index (κ3) is 4.14. The average molecular weight is 433 g/mol. The molecule has 0 radical (unpaired) electrons. The molecule has 2 aromatic rings. The molecule has 1 amide bonds. The van der Waals surface area contributed by atoms with Crippen molar-refractivity contribution in [3.05, 3.63) is 64.7 Å². The second-order valence-electron chi connectivity index (χ2n) is 6.16. The smallest absolute Gasteiger partial charge is 0.257 e. The number of carbonyl (C=O) groups is 1. The molecule has 0 saturated carbocycles. The number of anilines is 1. The van der Waals surface area contributed by atoms with Gasteiger partial charge < -0.3 is 9.80 Å². The topological polar surface area (TPSA) is 35.6 Å². The minimum Gasteiger partial charge on any atom is -0.363 e. The zero-order valence-corrected chi connectivity index (χ0v) is 15.4. The first-order valence-corrected chi connectivity index (χ1v) is 8.73. The summed E-state index contributed by atoms with van der Waals surface area (Å²) in [6, 6.07) is 4.95. The molecule has 1 fully saturated rings. The molecule has 0 atom stereocenters. The number of halogens is 6. The van der Waals surface area contributed by atoms with Crippen molar-refractivity contribution in [2.24, 2.45) is 0 Å². The molecular weight excluding hydrogens is 420 g/mol. The van der Waals surface area contributed by atoms with Crippen LogP contribution >= 0.6 is 12.2 Å². The largest absolute Gasteiger partial charge is 0.363 e. The number of thiocarbonyl (C=S) groups is 1. The van der Waals surface area contributed by atoms with Gasteiger partial charge in [0.2, 0.25) is 5.82 Å². The number of carbonyl (C=O) groups excluding carboxylic acids is 1. The third-order valence-corrected chi connectivity index (χ3v) is 4.74. The molecule has 4 nitrogen and oxygen atoms in total. The molecule has 0 bridgehead atoms. The Morgan fingerprint density at radius 2 is 1.41 bits per heavy atom. The van der Waals surface area contributed by atoms with Gasteiger partial charge in [-0.1, -0.05) is 6.07 Å². The molecule has 11 heteroatoms. The second kappa shape index (κ2) is 8.27. The highest BCUT2D eigenvalue weighted by molar-refractivity contribution is 7.80. The average Bonchev–Trinajstić information content (AvgIpc) is 2.71. The van der Waals surface area contributed by atoms with E-state index in [-0.39, 0.29) is 36.9 Å². The lowest BCUT2D eigenvalue weighted by Gasteiger charge is -2.37. The summed E-state index contributed by atoms with van der Waals surface area (Å²) in [5, 5.41) is 2.41. The summed E-state index contributed by atoms with van der Waals surface area (Å²) in [4.78, 5) is 14.6. The summed E-state index contributed by atoms with van der Waals surface area (Å²) in [5.74, 6) is -11.3. The number of rotatable bonds is 2. The van der Waals surface area contributed by atoms with Crippen molar-refractivity contribution in [3.8, 4) is 0 Å². The number of amides is 1. The van der Waals surface area contributed by atoms with Gasteiger partial charge in [-0.05, 0) is 30.4 Å². The van der Waals surface area contributed by atoms with Crippen LogP contribution in [0.15, 0.2) is 24.3 Å². The number of benzene rings is 2. The van der Waals surface area contributed by atoms with E-state index >= 15 is 0 Å². The van der Waals surface area contributed by atoms with Crippen molar-refractivity contribution >= 4 is 28.9 Å². The zero-order valence-electron chi connectivity index (χ0n) is 14.6. The van der Waals surface area contributed by atoms with Crippen molar-refractivity contribution in [1.29, 1.82) is 0 Å². The highest BCUT2D eigenvalue weighted by atomic mass is 32.1. The summed E-state index contributed by atoms with van der Waals surface area (Å²) in [6.07, 6.45) is 0. The number of nitrogens with zero attached hydrogens (tertiary/aromatic N) is 2. The fraction of sp³-hybridized carbons (Fsp3) is 0.222. The van der Waals surface area contributed by atoms with Crippen LogP contribution in [0.1, 0.15) is 10.4 Å². The Bertz CT molecular complexity index is 949. The standard InChI is InChI=1S/C18H13F6N3OS/c19-10-3-1-2-9(8-10)17(28)25-18(29)27-6-4-26(5-7-27)16-14(23)12(21)11(20)13(22)15(16)24/h1-3,8H,4-7H2,(H,25,28,29). The van der Waals surface area contributed by atoms with E-state index in [1.54, 1.807) is 0 Å². The van der Waals surface area contributed by atoms with Crippen LogP contribution in [-0.2, 0) is 0 Å². The Morgan fingerprint density at radius 1 is 0.862 bits per heavy atom. The van der Waals surface area contributed by atoms with E-state index in [0.29, 0.717) is 0 Å². The molecule has 154 valence electrons. The third-order valence-electron chi connectivity index (χ3n) is 4.38. The number of nitrogens with one attached hydrogen (secondary N) is 1. The van der Waals surface area contributed by atoms with E-state index in [9.17, 15) is 31.1 Å². The minimum atomic E-state index is -2.22. The molecule has 2 aromatic carbocycles. The maximum atomic E-state index is 13.9. The minimum absolute atomic E-state index is 0.00341. The monoisotopic (exact) mass is 433 g/mol. The van der Waals surface area contributed by atoms with E-state index in [2.05, 4.69) is 5.32 Å². The van der Waals surface area contributed by atoms with Gasteiger partial charge in [-0.25, -0.2) is 26.3 Å². The summed E-state index contributed by atoms with van der Waals surface area (Å²) >= 11 is 5.11. The van der Waals surface area contributed by atoms with Crippen LogP contribution in [0, 0.1) is 34.9 Å². The molecule has 1 aliphatic heterocycles. The lowest BCUT2D eigenvalue weighted by molar-refractivity contribution is 0.0972. The van der Waals surface area contributed by atoms with E-state index < -0.39 is 46.5 Å². The van der Waals surface area contributed by atoms with Gasteiger partial charge in [-0.2, -0.15) is 0 Å². The van der Waals surface area contributed by atoms with Gasteiger partial charge in [0, 0.05) is 31.7 Å². The maximum absolute atomic E-state index is 13.9. The molecule has 3 rings (SSSR count). The van der Waals surface area contributed by atoms with Crippen LogP contribution in [0.5, 0.6) is 0 Å². The Balaban J connectivity index is 1.67. The highest BCUT2D eigenvalue weighted by Crippen LogP contribution is 2.30.